The molecule has 0 spiro atoms. The summed E-state index contributed by atoms with van der Waals surface area (Å²) in [7, 11) is 1.51. The van der Waals surface area contributed by atoms with Crippen molar-refractivity contribution in [2.75, 3.05) is 7.11 Å². The molecule has 0 fully saturated rings. The second-order valence-electron chi connectivity index (χ2n) is 6.87. The first-order valence-electron chi connectivity index (χ1n) is 9.13. The Morgan fingerprint density at radius 3 is 2.66 bits per heavy atom. The number of ether oxygens (including phenoxy) is 2. The molecule has 0 aliphatic heterocycles. The predicted octanol–water partition coefficient (Wildman–Crippen LogP) is 5.72. The van der Waals surface area contributed by atoms with Gasteiger partial charge < -0.3 is 14.5 Å². The molecule has 148 valence electrons. The number of halogens is 1. The lowest BCUT2D eigenvalue weighted by molar-refractivity contribution is 0.104. The fourth-order valence-corrected chi connectivity index (χ4v) is 3.46. The fourth-order valence-electron chi connectivity index (χ4n) is 3.19. The Labute approximate surface area is 174 Å². The van der Waals surface area contributed by atoms with Crippen LogP contribution in [0, 0.1) is 18.3 Å². The minimum absolute atomic E-state index is 0.00787. The molecule has 29 heavy (non-hydrogen) atoms. The molecule has 0 aliphatic rings. The monoisotopic (exact) mass is 408 g/mol. The Morgan fingerprint density at radius 2 is 2.00 bits per heavy atom. The van der Waals surface area contributed by atoms with E-state index in [4.69, 9.17) is 21.1 Å². The molecule has 6 heteroatoms. The molecule has 0 radical (unpaired) electrons. The average molecular weight is 409 g/mol. The van der Waals surface area contributed by atoms with E-state index in [2.05, 4.69) is 4.98 Å². The van der Waals surface area contributed by atoms with E-state index in [0.717, 1.165) is 10.9 Å². The second-order valence-corrected chi connectivity index (χ2v) is 7.28. The highest BCUT2D eigenvalue weighted by Gasteiger charge is 2.20. The van der Waals surface area contributed by atoms with Crippen molar-refractivity contribution >= 4 is 34.4 Å². The number of carbonyl (C=O) groups excluding carboxylic acids is 1. The SMILES string of the molecule is COc1cc(/C=C(\C#N)C(=O)c2c(C)[nH]c3ccccc23)cc(Cl)c1OC(C)C. The smallest absolute Gasteiger partial charge is 0.205 e. The molecule has 0 unspecified atom stereocenters. The van der Waals surface area contributed by atoms with Gasteiger partial charge in [0.1, 0.15) is 11.6 Å². The first-order chi connectivity index (χ1) is 13.8. The highest BCUT2D eigenvalue weighted by atomic mass is 35.5. The summed E-state index contributed by atoms with van der Waals surface area (Å²) in [6.07, 6.45) is 1.43. The number of nitrogens with zero attached hydrogens (tertiary/aromatic N) is 1. The van der Waals surface area contributed by atoms with Crippen molar-refractivity contribution < 1.29 is 14.3 Å². The van der Waals surface area contributed by atoms with E-state index in [1.54, 1.807) is 12.1 Å². The summed E-state index contributed by atoms with van der Waals surface area (Å²) in [6.45, 7) is 5.60. The summed E-state index contributed by atoms with van der Waals surface area (Å²) in [6, 6.07) is 12.9. The Hall–Kier alpha value is -3.23. The normalized spacial score (nSPS) is 11.6. The Balaban J connectivity index is 2.06. The number of ketones is 1. The molecule has 1 heterocycles. The van der Waals surface area contributed by atoms with Gasteiger partial charge in [-0.1, -0.05) is 29.8 Å². The van der Waals surface area contributed by atoms with E-state index in [1.807, 2.05) is 51.1 Å². The molecule has 0 saturated heterocycles. The van der Waals surface area contributed by atoms with E-state index in [9.17, 15) is 10.1 Å². The van der Waals surface area contributed by atoms with E-state index in [-0.39, 0.29) is 17.5 Å². The van der Waals surface area contributed by atoms with Gasteiger partial charge in [-0.2, -0.15) is 5.26 Å². The summed E-state index contributed by atoms with van der Waals surface area (Å²) in [5.41, 5.74) is 2.64. The van der Waals surface area contributed by atoms with Gasteiger partial charge in [0, 0.05) is 16.6 Å². The minimum atomic E-state index is -0.347. The number of aromatic nitrogens is 1. The number of para-hydroxylation sites is 1. The molecule has 3 aromatic rings. The number of aryl methyl sites for hydroxylation is 1. The zero-order valence-electron chi connectivity index (χ0n) is 16.7. The lowest BCUT2D eigenvalue weighted by Gasteiger charge is -2.15. The Kier molecular flexibility index (Phi) is 5.95. The van der Waals surface area contributed by atoms with Gasteiger partial charge in [-0.05, 0) is 50.6 Å². The maximum absolute atomic E-state index is 13.1. The average Bonchev–Trinajstić information content (AvgIpc) is 3.02. The molecular formula is C23H21ClN2O3. The van der Waals surface area contributed by atoms with Crippen LogP contribution in [0.3, 0.4) is 0 Å². The van der Waals surface area contributed by atoms with Crippen LogP contribution >= 0.6 is 11.6 Å². The van der Waals surface area contributed by atoms with Crippen LogP contribution in [0.5, 0.6) is 11.5 Å². The van der Waals surface area contributed by atoms with Gasteiger partial charge >= 0.3 is 0 Å². The minimum Gasteiger partial charge on any atom is -0.493 e. The van der Waals surface area contributed by atoms with Gasteiger partial charge in [-0.3, -0.25) is 4.79 Å². The van der Waals surface area contributed by atoms with Crippen molar-refractivity contribution in [2.24, 2.45) is 0 Å². The van der Waals surface area contributed by atoms with Crippen molar-refractivity contribution in [3.05, 3.63) is 63.8 Å². The number of benzene rings is 2. The maximum atomic E-state index is 13.1. The fraction of sp³-hybridized carbons (Fsp3) is 0.217. The molecular weight excluding hydrogens is 388 g/mol. The number of methoxy groups -OCH3 is 1. The van der Waals surface area contributed by atoms with Crippen LogP contribution in [-0.2, 0) is 0 Å². The number of fused-ring (bicyclic) bond motifs is 1. The maximum Gasteiger partial charge on any atom is 0.205 e. The van der Waals surface area contributed by atoms with Crippen LogP contribution in [0.1, 0.15) is 35.5 Å². The highest BCUT2D eigenvalue weighted by Crippen LogP contribution is 2.38. The molecule has 0 aliphatic carbocycles. The van der Waals surface area contributed by atoms with Gasteiger partial charge in [0.25, 0.3) is 0 Å². The lowest BCUT2D eigenvalue weighted by Crippen LogP contribution is -2.07. The van der Waals surface area contributed by atoms with E-state index < -0.39 is 0 Å². The van der Waals surface area contributed by atoms with Gasteiger partial charge in [0.05, 0.1) is 23.8 Å². The number of nitrogens with one attached hydrogen (secondary N) is 1. The van der Waals surface area contributed by atoms with Crippen LogP contribution in [-0.4, -0.2) is 24.0 Å². The molecule has 2 aromatic carbocycles. The number of carbonyl (C=O) groups is 1. The van der Waals surface area contributed by atoms with Crippen LogP contribution in [0.15, 0.2) is 42.0 Å². The standard InChI is InChI=1S/C23H21ClN2O3/c1-13(2)29-23-18(24)10-15(11-20(23)28-4)9-16(12-25)22(27)21-14(3)26-19-8-6-5-7-17(19)21/h5-11,13,26H,1-4H3/b16-9+. The Bertz CT molecular complexity index is 1150. The summed E-state index contributed by atoms with van der Waals surface area (Å²) in [4.78, 5) is 16.3. The van der Waals surface area contributed by atoms with Crippen molar-refractivity contribution in [3.8, 4) is 17.6 Å². The third-order valence-corrected chi connectivity index (χ3v) is 4.68. The Morgan fingerprint density at radius 1 is 1.28 bits per heavy atom. The van der Waals surface area contributed by atoms with Crippen LogP contribution in [0.25, 0.3) is 17.0 Å². The number of Topliss-reactive ketones (excluding diaryl/α,β-unsaturated/α-hetero) is 1. The van der Waals surface area contributed by atoms with Crippen molar-refractivity contribution in [1.29, 1.82) is 5.26 Å². The van der Waals surface area contributed by atoms with E-state index in [0.29, 0.717) is 33.3 Å². The van der Waals surface area contributed by atoms with Gasteiger partial charge in [0.2, 0.25) is 5.78 Å². The number of hydrogen-bond donors (Lipinski definition) is 1. The largest absolute Gasteiger partial charge is 0.493 e. The lowest BCUT2D eigenvalue weighted by atomic mass is 9.99. The number of aromatic amines is 1. The molecule has 0 bridgehead atoms. The zero-order valence-corrected chi connectivity index (χ0v) is 17.4. The number of hydrogen-bond acceptors (Lipinski definition) is 4. The van der Waals surface area contributed by atoms with Crippen LogP contribution in [0.4, 0.5) is 0 Å². The number of rotatable bonds is 6. The molecule has 3 rings (SSSR count). The van der Waals surface area contributed by atoms with Crippen LogP contribution < -0.4 is 9.47 Å². The first kappa shape index (κ1) is 20.5. The summed E-state index contributed by atoms with van der Waals surface area (Å²) < 4.78 is 11.1. The van der Waals surface area contributed by atoms with Crippen molar-refractivity contribution in [2.45, 2.75) is 26.9 Å². The zero-order chi connectivity index (χ0) is 21.1. The van der Waals surface area contributed by atoms with Crippen molar-refractivity contribution in [1.82, 2.24) is 4.98 Å². The number of H-pyrrole nitrogens is 1. The second kappa shape index (κ2) is 8.42. The first-order valence-corrected chi connectivity index (χ1v) is 9.51. The van der Waals surface area contributed by atoms with Gasteiger partial charge in [-0.25, -0.2) is 0 Å². The van der Waals surface area contributed by atoms with Crippen LogP contribution in [0.2, 0.25) is 5.02 Å². The topological polar surface area (TPSA) is 75.1 Å². The van der Waals surface area contributed by atoms with E-state index in [1.165, 1.54) is 13.2 Å². The third kappa shape index (κ3) is 4.13. The number of nitriles is 1. The summed E-state index contributed by atoms with van der Waals surface area (Å²) in [5, 5.41) is 10.8. The molecule has 0 saturated carbocycles. The van der Waals surface area contributed by atoms with Crippen molar-refractivity contribution in [3.63, 3.8) is 0 Å². The summed E-state index contributed by atoms with van der Waals surface area (Å²) in [5.74, 6) is 0.518. The quantitative estimate of drug-likeness (QED) is 0.321. The molecule has 0 atom stereocenters. The number of allylic oxidation sites excluding steroid dienone is 1. The molecule has 0 amide bonds. The highest BCUT2D eigenvalue weighted by molar-refractivity contribution is 6.32. The van der Waals surface area contributed by atoms with E-state index >= 15 is 0 Å². The molecule has 5 nitrogen and oxygen atoms in total. The van der Waals surface area contributed by atoms with Gasteiger partial charge in [-0.15, -0.1) is 0 Å². The molecule has 1 aromatic heterocycles. The predicted molar refractivity (Wildman–Crippen MR) is 115 cm³/mol. The summed E-state index contributed by atoms with van der Waals surface area (Å²) >= 11 is 6.36. The molecule has 1 N–H and O–H groups in total. The third-order valence-electron chi connectivity index (χ3n) is 4.40. The van der Waals surface area contributed by atoms with Gasteiger partial charge in [0.15, 0.2) is 11.5 Å².